The number of carbonyl (C=O) groups excluding carboxylic acids is 1. The lowest BCUT2D eigenvalue weighted by Crippen LogP contribution is -2.21. The first-order valence-electron chi connectivity index (χ1n) is 8.91. The lowest BCUT2D eigenvalue weighted by Gasteiger charge is -2.20. The van der Waals surface area contributed by atoms with E-state index >= 15 is 0 Å². The van der Waals surface area contributed by atoms with Crippen molar-refractivity contribution >= 4 is 33.8 Å². The van der Waals surface area contributed by atoms with Crippen LogP contribution in [-0.4, -0.2) is 5.78 Å². The van der Waals surface area contributed by atoms with E-state index in [0.717, 1.165) is 16.5 Å². The number of Topliss-reactive ketones (excluding diaryl/α,β-unsaturated/α-hetero) is 1. The van der Waals surface area contributed by atoms with Crippen LogP contribution in [0.4, 0.5) is 10.1 Å². The van der Waals surface area contributed by atoms with Gasteiger partial charge in [-0.3, -0.25) is 4.79 Å². The van der Waals surface area contributed by atoms with Crippen molar-refractivity contribution in [2.24, 2.45) is 0 Å². The van der Waals surface area contributed by atoms with Crippen LogP contribution >= 0.6 is 11.6 Å². The number of fused-ring (bicyclic) bond motifs is 1. The van der Waals surface area contributed by atoms with Crippen molar-refractivity contribution in [2.75, 3.05) is 5.32 Å². The van der Waals surface area contributed by atoms with Crippen LogP contribution in [0.1, 0.15) is 22.0 Å². The lowest BCUT2D eigenvalue weighted by atomic mass is 9.95. The zero-order valence-corrected chi connectivity index (χ0v) is 15.7. The summed E-state index contributed by atoms with van der Waals surface area (Å²) in [5.41, 5.74) is 2.04. The fourth-order valence-electron chi connectivity index (χ4n) is 3.18. The van der Waals surface area contributed by atoms with Gasteiger partial charge >= 0.3 is 0 Å². The predicted molar refractivity (Wildman–Crippen MR) is 112 cm³/mol. The van der Waals surface area contributed by atoms with Gasteiger partial charge in [0.15, 0.2) is 5.78 Å². The van der Waals surface area contributed by atoms with Crippen LogP contribution in [0, 0.1) is 5.82 Å². The summed E-state index contributed by atoms with van der Waals surface area (Å²) in [7, 11) is 0. The first kappa shape index (κ1) is 18.2. The molecule has 0 aromatic heterocycles. The van der Waals surface area contributed by atoms with Gasteiger partial charge in [0.05, 0.1) is 0 Å². The Morgan fingerprint density at radius 1 is 0.821 bits per heavy atom. The van der Waals surface area contributed by atoms with E-state index in [2.05, 4.69) is 5.32 Å². The highest BCUT2D eigenvalue weighted by atomic mass is 35.5. The molecule has 0 aliphatic heterocycles. The van der Waals surface area contributed by atoms with Crippen LogP contribution in [0.25, 0.3) is 10.8 Å². The molecule has 0 saturated carbocycles. The molecule has 0 fully saturated rings. The Balaban J connectivity index is 1.73. The molecule has 1 N–H and O–H groups in total. The van der Waals surface area contributed by atoms with Crippen molar-refractivity contribution in [3.05, 3.63) is 113 Å². The molecule has 0 radical (unpaired) electrons. The molecule has 0 heterocycles. The normalized spacial score (nSPS) is 11.9. The number of hydrogen-bond donors (Lipinski definition) is 1. The molecule has 4 aromatic carbocycles. The van der Waals surface area contributed by atoms with Crippen molar-refractivity contribution in [3.63, 3.8) is 0 Å². The molecule has 4 aromatic rings. The summed E-state index contributed by atoms with van der Waals surface area (Å²) in [5.74, 6) is -0.431. The zero-order chi connectivity index (χ0) is 19.5. The summed E-state index contributed by atoms with van der Waals surface area (Å²) < 4.78 is 13.4. The van der Waals surface area contributed by atoms with Crippen molar-refractivity contribution in [2.45, 2.75) is 6.04 Å². The van der Waals surface area contributed by atoms with Gasteiger partial charge in [0.1, 0.15) is 11.9 Å². The van der Waals surface area contributed by atoms with Gasteiger partial charge in [-0.1, -0.05) is 60.1 Å². The van der Waals surface area contributed by atoms with Crippen LogP contribution in [0.3, 0.4) is 0 Å². The van der Waals surface area contributed by atoms with Crippen LogP contribution in [-0.2, 0) is 0 Å². The molecule has 138 valence electrons. The summed E-state index contributed by atoms with van der Waals surface area (Å²) in [6.07, 6.45) is 0. The van der Waals surface area contributed by atoms with Gasteiger partial charge in [-0.05, 0) is 58.8 Å². The van der Waals surface area contributed by atoms with Gasteiger partial charge in [-0.2, -0.15) is 0 Å². The Morgan fingerprint density at radius 2 is 1.50 bits per heavy atom. The molecule has 0 aliphatic rings. The fourth-order valence-corrected chi connectivity index (χ4v) is 3.30. The molecular weight excluding hydrogens is 373 g/mol. The summed E-state index contributed by atoms with van der Waals surface area (Å²) in [6, 6.07) is 26.0. The van der Waals surface area contributed by atoms with E-state index in [1.165, 1.54) is 12.1 Å². The summed E-state index contributed by atoms with van der Waals surface area (Å²) >= 11 is 5.96. The third-order valence-electron chi connectivity index (χ3n) is 4.65. The second-order valence-corrected chi connectivity index (χ2v) is 7.00. The molecule has 4 heteroatoms. The van der Waals surface area contributed by atoms with E-state index < -0.39 is 6.04 Å². The highest BCUT2D eigenvalue weighted by Crippen LogP contribution is 2.26. The highest BCUT2D eigenvalue weighted by molar-refractivity contribution is 6.30. The Hall–Kier alpha value is -3.17. The second kappa shape index (κ2) is 7.83. The van der Waals surface area contributed by atoms with Crippen LogP contribution < -0.4 is 5.32 Å². The van der Waals surface area contributed by atoms with Gasteiger partial charge in [-0.25, -0.2) is 4.39 Å². The number of ketones is 1. The topological polar surface area (TPSA) is 29.1 Å². The molecule has 1 atom stereocenters. The van der Waals surface area contributed by atoms with E-state index in [1.807, 2.05) is 54.6 Å². The predicted octanol–water partition coefficient (Wildman–Crippen LogP) is 6.67. The average Bonchev–Trinajstić information content (AvgIpc) is 2.73. The van der Waals surface area contributed by atoms with E-state index in [0.29, 0.717) is 16.1 Å². The van der Waals surface area contributed by atoms with Crippen molar-refractivity contribution in [3.8, 4) is 0 Å². The number of halogens is 2. The average molecular weight is 390 g/mol. The zero-order valence-electron chi connectivity index (χ0n) is 14.9. The molecule has 0 aliphatic carbocycles. The van der Waals surface area contributed by atoms with Gasteiger partial charge in [0.25, 0.3) is 0 Å². The third kappa shape index (κ3) is 3.90. The van der Waals surface area contributed by atoms with Crippen LogP contribution in [0.15, 0.2) is 91.0 Å². The van der Waals surface area contributed by atoms with Gasteiger partial charge in [0.2, 0.25) is 0 Å². The van der Waals surface area contributed by atoms with Gasteiger partial charge in [-0.15, -0.1) is 0 Å². The number of rotatable bonds is 5. The number of hydrogen-bond acceptors (Lipinski definition) is 2. The molecular formula is C24H17ClFNO. The molecule has 0 saturated heterocycles. The minimum atomic E-state index is -0.650. The SMILES string of the molecule is O=C(c1ccc2ccccc2c1)C(Nc1ccc(Cl)cc1)c1ccc(F)cc1. The Labute approximate surface area is 167 Å². The largest absolute Gasteiger partial charge is 0.371 e. The van der Waals surface area contributed by atoms with Crippen molar-refractivity contribution in [1.29, 1.82) is 0 Å². The molecule has 2 nitrogen and oxygen atoms in total. The Bertz CT molecular complexity index is 1120. The molecule has 4 rings (SSSR count). The quantitative estimate of drug-likeness (QED) is 0.386. The number of carbonyl (C=O) groups is 1. The second-order valence-electron chi connectivity index (χ2n) is 6.56. The van der Waals surface area contributed by atoms with Crippen LogP contribution in [0.2, 0.25) is 5.02 Å². The standard InChI is InChI=1S/C24H17ClFNO/c25-20-9-13-22(14-10-20)27-23(17-7-11-21(26)12-8-17)24(28)19-6-5-16-3-1-2-4-18(16)15-19/h1-15,23,27H. The number of nitrogens with one attached hydrogen (secondary N) is 1. The van der Waals surface area contributed by atoms with Crippen molar-refractivity contribution < 1.29 is 9.18 Å². The number of anilines is 1. The van der Waals surface area contributed by atoms with E-state index in [1.54, 1.807) is 24.3 Å². The van der Waals surface area contributed by atoms with E-state index in [-0.39, 0.29) is 11.6 Å². The minimum Gasteiger partial charge on any atom is -0.371 e. The Kier molecular flexibility index (Phi) is 5.09. The lowest BCUT2D eigenvalue weighted by molar-refractivity contribution is 0.0969. The van der Waals surface area contributed by atoms with Crippen molar-refractivity contribution in [1.82, 2.24) is 0 Å². The summed E-state index contributed by atoms with van der Waals surface area (Å²) in [6.45, 7) is 0. The first-order chi connectivity index (χ1) is 13.6. The maximum Gasteiger partial charge on any atom is 0.189 e. The molecule has 1 unspecified atom stereocenters. The summed E-state index contributed by atoms with van der Waals surface area (Å²) in [5, 5.41) is 5.94. The van der Waals surface area contributed by atoms with E-state index in [9.17, 15) is 9.18 Å². The van der Waals surface area contributed by atoms with Gasteiger partial charge < -0.3 is 5.32 Å². The molecule has 28 heavy (non-hydrogen) atoms. The third-order valence-corrected chi connectivity index (χ3v) is 4.91. The minimum absolute atomic E-state index is 0.0905. The smallest absolute Gasteiger partial charge is 0.189 e. The maximum absolute atomic E-state index is 13.4. The van der Waals surface area contributed by atoms with Crippen LogP contribution in [0.5, 0.6) is 0 Å². The Morgan fingerprint density at radius 3 is 2.21 bits per heavy atom. The molecule has 0 bridgehead atoms. The fraction of sp³-hybridized carbons (Fsp3) is 0.0417. The van der Waals surface area contributed by atoms with E-state index in [4.69, 9.17) is 11.6 Å². The maximum atomic E-state index is 13.4. The van der Waals surface area contributed by atoms with Gasteiger partial charge in [0, 0.05) is 16.3 Å². The molecule has 0 amide bonds. The highest BCUT2D eigenvalue weighted by Gasteiger charge is 2.22. The molecule has 0 spiro atoms. The monoisotopic (exact) mass is 389 g/mol. The first-order valence-corrected chi connectivity index (χ1v) is 9.28. The number of benzene rings is 4. The summed E-state index contributed by atoms with van der Waals surface area (Å²) in [4.78, 5) is 13.4.